The lowest BCUT2D eigenvalue weighted by Gasteiger charge is -1.97. The van der Waals surface area contributed by atoms with Gasteiger partial charge in [0.25, 0.3) is 0 Å². The molecule has 0 saturated heterocycles. The highest BCUT2D eigenvalue weighted by atomic mass is 79.9. The molecule has 0 fully saturated rings. The van der Waals surface area contributed by atoms with E-state index in [0.717, 1.165) is 20.2 Å². The van der Waals surface area contributed by atoms with Gasteiger partial charge in [0.1, 0.15) is 9.21 Å². The van der Waals surface area contributed by atoms with E-state index in [4.69, 9.17) is 0 Å². The maximum absolute atomic E-state index is 10.8. The van der Waals surface area contributed by atoms with Crippen molar-refractivity contribution in [2.24, 2.45) is 0 Å². The molecule has 0 bridgehead atoms. The molecule has 0 atom stereocenters. The van der Waals surface area contributed by atoms with Crippen molar-refractivity contribution in [2.75, 3.05) is 0 Å². The minimum absolute atomic E-state index is 0.617. The fraction of sp³-hybridized carbons (Fsp3) is 0. The van der Waals surface area contributed by atoms with Crippen LogP contribution in [0.25, 0.3) is 22.1 Å². The Morgan fingerprint density at radius 1 is 0.667 bits per heavy atom. The second-order valence-corrected chi connectivity index (χ2v) is 6.25. The molecule has 120 valence electrons. The summed E-state index contributed by atoms with van der Waals surface area (Å²) < 4.78 is 1.47. The third kappa shape index (κ3) is 3.60. The lowest BCUT2D eigenvalue weighted by molar-refractivity contribution is 1.15. The Labute approximate surface area is 152 Å². The highest BCUT2D eigenvalue weighted by molar-refractivity contribution is 9.13. The lowest BCUT2D eigenvalue weighted by atomic mass is 10.3. The van der Waals surface area contributed by atoms with Crippen LogP contribution in [0.5, 0.6) is 0 Å². The molecule has 0 aliphatic rings. The molecule has 2 aromatic heterocycles. The standard InChI is InChI=1S/C8H4Br2N2.C8H6N2O2/c9-7-8(10)12-6-4-2-1-3-5(6)11-7;11-7-8(12)10-6-4-2-1-3-5(6)9-7/h1-4H;1-4H,(H,9,11)(H,10,12). The fourth-order valence-electron chi connectivity index (χ4n) is 2.02. The van der Waals surface area contributed by atoms with Crippen molar-refractivity contribution in [3.05, 3.63) is 78.4 Å². The second-order valence-electron chi connectivity index (χ2n) is 4.75. The molecule has 0 aliphatic heterocycles. The highest BCUT2D eigenvalue weighted by Gasteiger charge is 2.01. The number of fused-ring (bicyclic) bond motifs is 2. The maximum atomic E-state index is 10.8. The number of aromatic amines is 2. The summed E-state index contributed by atoms with van der Waals surface area (Å²) in [7, 11) is 0. The minimum atomic E-state index is -0.617. The lowest BCUT2D eigenvalue weighted by Crippen LogP contribution is -2.28. The number of hydrogen-bond acceptors (Lipinski definition) is 4. The zero-order chi connectivity index (χ0) is 17.1. The molecule has 0 saturated carbocycles. The predicted molar refractivity (Wildman–Crippen MR) is 100 cm³/mol. The number of aromatic nitrogens is 4. The number of halogens is 2. The first-order valence-corrected chi connectivity index (χ1v) is 8.42. The number of rotatable bonds is 0. The summed E-state index contributed by atoms with van der Waals surface area (Å²) in [6.07, 6.45) is 0. The summed E-state index contributed by atoms with van der Waals surface area (Å²) >= 11 is 6.59. The van der Waals surface area contributed by atoms with Gasteiger partial charge in [0, 0.05) is 0 Å². The van der Waals surface area contributed by atoms with Gasteiger partial charge in [0.2, 0.25) is 0 Å². The van der Waals surface area contributed by atoms with Gasteiger partial charge >= 0.3 is 11.1 Å². The van der Waals surface area contributed by atoms with Crippen molar-refractivity contribution in [1.82, 2.24) is 19.9 Å². The van der Waals surface area contributed by atoms with E-state index < -0.39 is 11.1 Å². The normalized spacial score (nSPS) is 10.4. The van der Waals surface area contributed by atoms with Gasteiger partial charge in [0.05, 0.1) is 22.1 Å². The molecule has 0 aliphatic carbocycles. The molecular weight excluding hydrogens is 440 g/mol. The molecule has 0 amide bonds. The van der Waals surface area contributed by atoms with Crippen molar-refractivity contribution in [2.45, 2.75) is 0 Å². The molecule has 2 aromatic carbocycles. The zero-order valence-electron chi connectivity index (χ0n) is 12.1. The first-order valence-electron chi connectivity index (χ1n) is 6.84. The Kier molecular flexibility index (Phi) is 4.86. The third-order valence-electron chi connectivity index (χ3n) is 3.12. The van der Waals surface area contributed by atoms with Gasteiger partial charge in [-0.25, -0.2) is 9.97 Å². The largest absolute Gasteiger partial charge is 0.316 e. The van der Waals surface area contributed by atoms with Crippen molar-refractivity contribution in [3.8, 4) is 0 Å². The van der Waals surface area contributed by atoms with Crippen LogP contribution in [0.3, 0.4) is 0 Å². The van der Waals surface area contributed by atoms with Crippen LogP contribution >= 0.6 is 31.9 Å². The van der Waals surface area contributed by atoms with E-state index in [1.165, 1.54) is 0 Å². The van der Waals surface area contributed by atoms with Crippen LogP contribution in [0.1, 0.15) is 0 Å². The third-order valence-corrected chi connectivity index (χ3v) is 4.76. The van der Waals surface area contributed by atoms with E-state index in [-0.39, 0.29) is 0 Å². The number of H-pyrrole nitrogens is 2. The molecule has 24 heavy (non-hydrogen) atoms. The zero-order valence-corrected chi connectivity index (χ0v) is 15.3. The monoisotopic (exact) mass is 448 g/mol. The van der Waals surface area contributed by atoms with Gasteiger partial charge in [-0.3, -0.25) is 9.59 Å². The Bertz CT molecular complexity index is 1050. The second kappa shape index (κ2) is 7.06. The fourth-order valence-corrected chi connectivity index (χ4v) is 2.58. The van der Waals surface area contributed by atoms with Crippen LogP contribution in [0, 0.1) is 0 Å². The van der Waals surface area contributed by atoms with E-state index in [1.54, 1.807) is 24.3 Å². The molecule has 4 aromatic rings. The number of hydrogen-bond donors (Lipinski definition) is 2. The van der Waals surface area contributed by atoms with E-state index in [0.29, 0.717) is 11.0 Å². The summed E-state index contributed by atoms with van der Waals surface area (Å²) in [4.78, 5) is 35.1. The summed E-state index contributed by atoms with van der Waals surface area (Å²) in [5, 5.41) is 0. The van der Waals surface area contributed by atoms with E-state index >= 15 is 0 Å². The maximum Gasteiger partial charge on any atom is 0.314 e. The number of nitrogens with one attached hydrogen (secondary N) is 2. The number of benzene rings is 2. The van der Waals surface area contributed by atoms with Gasteiger partial charge in [-0.1, -0.05) is 24.3 Å². The van der Waals surface area contributed by atoms with Crippen molar-refractivity contribution < 1.29 is 0 Å². The topological polar surface area (TPSA) is 91.5 Å². The van der Waals surface area contributed by atoms with Crippen LogP contribution in [0.2, 0.25) is 0 Å². The quantitative estimate of drug-likeness (QED) is 0.402. The average Bonchev–Trinajstić information content (AvgIpc) is 2.57. The molecule has 0 unspecified atom stereocenters. The Morgan fingerprint density at radius 3 is 1.46 bits per heavy atom. The van der Waals surface area contributed by atoms with E-state index in [9.17, 15) is 9.59 Å². The van der Waals surface area contributed by atoms with Crippen LogP contribution < -0.4 is 11.1 Å². The van der Waals surface area contributed by atoms with Gasteiger partial charge < -0.3 is 9.97 Å². The molecule has 2 heterocycles. The van der Waals surface area contributed by atoms with Crippen LogP contribution in [-0.4, -0.2) is 19.9 Å². The molecule has 8 heteroatoms. The van der Waals surface area contributed by atoms with E-state index in [1.807, 2.05) is 24.3 Å². The Hall–Kier alpha value is -2.32. The predicted octanol–water partition coefficient (Wildman–Crippen LogP) is 3.37. The van der Waals surface area contributed by atoms with Crippen molar-refractivity contribution >= 4 is 53.9 Å². The average molecular weight is 450 g/mol. The SMILES string of the molecule is Brc1nc2ccccc2nc1Br.O=c1[nH]c2ccccc2[nH]c1=O. The van der Waals surface area contributed by atoms with E-state index in [2.05, 4.69) is 51.8 Å². The van der Waals surface area contributed by atoms with Gasteiger partial charge in [-0.05, 0) is 56.1 Å². The first kappa shape index (κ1) is 16.5. The van der Waals surface area contributed by atoms with Crippen LogP contribution in [-0.2, 0) is 0 Å². The molecule has 4 rings (SSSR count). The van der Waals surface area contributed by atoms with Gasteiger partial charge in [-0.2, -0.15) is 0 Å². The molecule has 0 radical (unpaired) electrons. The minimum Gasteiger partial charge on any atom is -0.316 e. The molecule has 6 nitrogen and oxygen atoms in total. The summed E-state index contributed by atoms with van der Waals surface area (Å²) in [5.74, 6) is 0. The number of nitrogens with zero attached hydrogens (tertiary/aromatic N) is 2. The van der Waals surface area contributed by atoms with Crippen LogP contribution in [0.4, 0.5) is 0 Å². The summed E-state index contributed by atoms with van der Waals surface area (Å²) in [6, 6.07) is 14.8. The summed E-state index contributed by atoms with van der Waals surface area (Å²) in [6.45, 7) is 0. The Balaban J connectivity index is 0.000000141. The number of para-hydroxylation sites is 4. The molecule has 2 N–H and O–H groups in total. The highest BCUT2D eigenvalue weighted by Crippen LogP contribution is 2.21. The molecule has 0 spiro atoms. The van der Waals surface area contributed by atoms with Crippen molar-refractivity contribution in [1.29, 1.82) is 0 Å². The smallest absolute Gasteiger partial charge is 0.314 e. The summed E-state index contributed by atoms with van der Waals surface area (Å²) in [5.41, 5.74) is 1.84. The van der Waals surface area contributed by atoms with Crippen LogP contribution in [0.15, 0.2) is 67.3 Å². The Morgan fingerprint density at radius 2 is 1.04 bits per heavy atom. The van der Waals surface area contributed by atoms with Crippen molar-refractivity contribution in [3.63, 3.8) is 0 Å². The van der Waals surface area contributed by atoms with Gasteiger partial charge in [-0.15, -0.1) is 0 Å². The first-order chi connectivity index (χ1) is 11.5. The van der Waals surface area contributed by atoms with Gasteiger partial charge in [0.15, 0.2) is 0 Å². The molecular formula is C16H10Br2N4O2.